The summed E-state index contributed by atoms with van der Waals surface area (Å²) in [6, 6.07) is 7.92. The second-order valence-corrected chi connectivity index (χ2v) is 4.11. The number of nitrogens with one attached hydrogen (secondary N) is 1. The molecule has 1 atom stereocenters. The molecule has 1 heterocycles. The Balaban J connectivity index is 1.99. The lowest BCUT2D eigenvalue weighted by Crippen LogP contribution is -2.36. The van der Waals surface area contributed by atoms with Crippen molar-refractivity contribution in [3.05, 3.63) is 54.4 Å². The fraction of sp³-hybridized carbons (Fsp3) is 0.308. The number of rotatable bonds is 5. The van der Waals surface area contributed by atoms with Gasteiger partial charge < -0.3 is 5.32 Å². The minimum Gasteiger partial charge on any atom is -0.301 e. The predicted octanol–water partition coefficient (Wildman–Crippen LogP) is 2.78. The summed E-state index contributed by atoms with van der Waals surface area (Å²) in [7, 11) is 0. The number of halogens is 3. The van der Waals surface area contributed by atoms with Crippen molar-refractivity contribution in [3.8, 4) is 0 Å². The maximum atomic E-state index is 13.0. The molecule has 6 heteroatoms. The fourth-order valence-corrected chi connectivity index (χ4v) is 1.82. The topological polar surface area (TPSA) is 29.9 Å². The summed E-state index contributed by atoms with van der Waals surface area (Å²) in [5.74, 6) is 0. The van der Waals surface area contributed by atoms with E-state index in [4.69, 9.17) is 0 Å². The summed E-state index contributed by atoms with van der Waals surface area (Å²) in [5.41, 5.74) is 0.218. The molecular formula is C13H14F3N3. The van der Waals surface area contributed by atoms with E-state index < -0.39 is 12.2 Å². The zero-order chi connectivity index (χ0) is 13.7. The van der Waals surface area contributed by atoms with Gasteiger partial charge in [0.25, 0.3) is 0 Å². The number of alkyl halides is 3. The van der Waals surface area contributed by atoms with Crippen LogP contribution in [-0.2, 0) is 6.54 Å². The molecular weight excluding hydrogens is 255 g/mol. The van der Waals surface area contributed by atoms with Gasteiger partial charge in [0.2, 0.25) is 0 Å². The van der Waals surface area contributed by atoms with Crippen LogP contribution in [0.15, 0.2) is 48.8 Å². The Morgan fingerprint density at radius 3 is 2.47 bits per heavy atom. The van der Waals surface area contributed by atoms with Gasteiger partial charge in [-0.1, -0.05) is 30.3 Å². The Morgan fingerprint density at radius 1 is 1.16 bits per heavy atom. The monoisotopic (exact) mass is 269 g/mol. The third-order valence-electron chi connectivity index (χ3n) is 2.71. The van der Waals surface area contributed by atoms with Gasteiger partial charge in [0.15, 0.2) is 0 Å². The lowest BCUT2D eigenvalue weighted by molar-refractivity contribution is -0.157. The van der Waals surface area contributed by atoms with Crippen LogP contribution in [0.4, 0.5) is 13.2 Å². The summed E-state index contributed by atoms with van der Waals surface area (Å²) in [6.07, 6.45) is -1.00. The van der Waals surface area contributed by atoms with Crippen molar-refractivity contribution in [2.45, 2.75) is 18.8 Å². The normalized spacial score (nSPS) is 13.4. The molecule has 1 aromatic heterocycles. The number of hydrogen-bond acceptors (Lipinski definition) is 2. The molecule has 19 heavy (non-hydrogen) atoms. The third kappa shape index (κ3) is 3.82. The van der Waals surface area contributed by atoms with Crippen molar-refractivity contribution in [3.63, 3.8) is 0 Å². The third-order valence-corrected chi connectivity index (χ3v) is 2.71. The van der Waals surface area contributed by atoms with Gasteiger partial charge in [-0.15, -0.1) is 0 Å². The molecule has 0 saturated heterocycles. The van der Waals surface area contributed by atoms with Crippen LogP contribution in [0, 0.1) is 0 Å². The average molecular weight is 269 g/mol. The summed E-state index contributed by atoms with van der Waals surface area (Å²) in [6.45, 7) is 0.590. The Kier molecular flexibility index (Phi) is 4.21. The zero-order valence-corrected chi connectivity index (χ0v) is 10.1. The van der Waals surface area contributed by atoms with Gasteiger partial charge in [-0.05, 0) is 11.6 Å². The maximum Gasteiger partial charge on any atom is 0.407 e. The van der Waals surface area contributed by atoms with Gasteiger partial charge in [0.05, 0.1) is 6.54 Å². The fourth-order valence-electron chi connectivity index (χ4n) is 1.82. The first-order valence-electron chi connectivity index (χ1n) is 5.90. The number of aromatic nitrogens is 2. The summed E-state index contributed by atoms with van der Waals surface area (Å²) in [4.78, 5) is 0. The number of hydrogen-bond donors (Lipinski definition) is 1. The van der Waals surface area contributed by atoms with Crippen LogP contribution in [0.1, 0.15) is 11.6 Å². The van der Waals surface area contributed by atoms with Crippen LogP contribution in [0.2, 0.25) is 0 Å². The second kappa shape index (κ2) is 5.88. The van der Waals surface area contributed by atoms with E-state index in [1.807, 2.05) is 0 Å². The SMILES string of the molecule is FC(F)(F)C(NCCn1cccn1)c1ccccc1. The van der Waals surface area contributed by atoms with E-state index in [1.165, 1.54) is 12.1 Å². The summed E-state index contributed by atoms with van der Waals surface area (Å²) >= 11 is 0. The maximum absolute atomic E-state index is 13.0. The molecule has 1 aromatic carbocycles. The molecule has 0 aliphatic carbocycles. The number of nitrogens with zero attached hydrogens (tertiary/aromatic N) is 2. The average Bonchev–Trinajstić information content (AvgIpc) is 2.87. The van der Waals surface area contributed by atoms with Crippen molar-refractivity contribution in [2.24, 2.45) is 0 Å². The molecule has 0 bridgehead atoms. The first-order valence-corrected chi connectivity index (χ1v) is 5.90. The van der Waals surface area contributed by atoms with Crippen LogP contribution in [0.3, 0.4) is 0 Å². The molecule has 0 aliphatic rings. The molecule has 2 aromatic rings. The molecule has 0 fully saturated rings. The van der Waals surface area contributed by atoms with E-state index in [0.29, 0.717) is 6.54 Å². The minimum atomic E-state index is -4.31. The van der Waals surface area contributed by atoms with E-state index >= 15 is 0 Å². The van der Waals surface area contributed by atoms with E-state index in [2.05, 4.69) is 10.4 Å². The van der Waals surface area contributed by atoms with Gasteiger partial charge >= 0.3 is 6.18 Å². The van der Waals surface area contributed by atoms with Crippen LogP contribution >= 0.6 is 0 Å². The molecule has 0 spiro atoms. The summed E-state index contributed by atoms with van der Waals surface area (Å²) in [5, 5.41) is 6.47. The quantitative estimate of drug-likeness (QED) is 0.904. The highest BCUT2D eigenvalue weighted by atomic mass is 19.4. The molecule has 3 nitrogen and oxygen atoms in total. The molecule has 0 radical (unpaired) electrons. The van der Waals surface area contributed by atoms with E-state index in [-0.39, 0.29) is 12.1 Å². The predicted molar refractivity (Wildman–Crippen MR) is 65.5 cm³/mol. The summed E-state index contributed by atoms with van der Waals surface area (Å²) < 4.78 is 40.5. The van der Waals surface area contributed by atoms with Crippen LogP contribution in [0.25, 0.3) is 0 Å². The molecule has 1 N–H and O–H groups in total. The molecule has 0 saturated carbocycles. The van der Waals surface area contributed by atoms with Crippen molar-refractivity contribution < 1.29 is 13.2 Å². The van der Waals surface area contributed by atoms with Crippen LogP contribution in [0.5, 0.6) is 0 Å². The molecule has 2 rings (SSSR count). The highest BCUT2D eigenvalue weighted by Crippen LogP contribution is 2.32. The second-order valence-electron chi connectivity index (χ2n) is 4.11. The smallest absolute Gasteiger partial charge is 0.301 e. The Bertz CT molecular complexity index is 480. The van der Waals surface area contributed by atoms with E-state index in [1.54, 1.807) is 41.3 Å². The van der Waals surface area contributed by atoms with Crippen molar-refractivity contribution in [1.82, 2.24) is 15.1 Å². The first-order chi connectivity index (χ1) is 9.07. The largest absolute Gasteiger partial charge is 0.407 e. The van der Waals surface area contributed by atoms with Crippen LogP contribution < -0.4 is 5.32 Å². The van der Waals surface area contributed by atoms with Gasteiger partial charge in [0, 0.05) is 18.9 Å². The van der Waals surface area contributed by atoms with Gasteiger partial charge in [-0.2, -0.15) is 18.3 Å². The Morgan fingerprint density at radius 2 is 1.89 bits per heavy atom. The van der Waals surface area contributed by atoms with Gasteiger partial charge in [-0.25, -0.2) is 0 Å². The van der Waals surface area contributed by atoms with Gasteiger partial charge in [0.1, 0.15) is 6.04 Å². The van der Waals surface area contributed by atoms with Crippen molar-refractivity contribution >= 4 is 0 Å². The van der Waals surface area contributed by atoms with Crippen LogP contribution in [-0.4, -0.2) is 22.5 Å². The Labute approximate surface area is 109 Å². The lowest BCUT2D eigenvalue weighted by atomic mass is 10.1. The molecule has 102 valence electrons. The van der Waals surface area contributed by atoms with Crippen molar-refractivity contribution in [1.29, 1.82) is 0 Å². The van der Waals surface area contributed by atoms with E-state index in [0.717, 1.165) is 0 Å². The standard InChI is InChI=1S/C13H14F3N3/c14-13(15,16)12(11-5-2-1-3-6-11)17-8-10-19-9-4-7-18-19/h1-7,9,12,17H,8,10H2. The number of benzene rings is 1. The lowest BCUT2D eigenvalue weighted by Gasteiger charge is -2.22. The molecule has 0 aliphatic heterocycles. The highest BCUT2D eigenvalue weighted by Gasteiger charge is 2.40. The highest BCUT2D eigenvalue weighted by molar-refractivity contribution is 5.20. The minimum absolute atomic E-state index is 0.195. The molecule has 0 amide bonds. The zero-order valence-electron chi connectivity index (χ0n) is 10.1. The Hall–Kier alpha value is -1.82. The molecule has 1 unspecified atom stereocenters. The van der Waals surface area contributed by atoms with E-state index in [9.17, 15) is 13.2 Å². The van der Waals surface area contributed by atoms with Gasteiger partial charge in [-0.3, -0.25) is 4.68 Å². The van der Waals surface area contributed by atoms with Crippen molar-refractivity contribution in [2.75, 3.05) is 6.54 Å². The first kappa shape index (κ1) is 13.6.